The van der Waals surface area contributed by atoms with Crippen LogP contribution >= 0.6 is 0 Å². The first-order valence-electron chi connectivity index (χ1n) is 9.69. The van der Waals surface area contributed by atoms with Crippen molar-refractivity contribution in [1.29, 1.82) is 0 Å². The molecule has 3 aromatic rings. The fraction of sp³-hybridized carbons (Fsp3) is 0.333. The lowest BCUT2D eigenvalue weighted by Crippen LogP contribution is -2.32. The van der Waals surface area contributed by atoms with Crippen LogP contribution in [-0.2, 0) is 16.6 Å². The van der Waals surface area contributed by atoms with Crippen molar-refractivity contribution in [1.82, 2.24) is 19.1 Å². The van der Waals surface area contributed by atoms with Crippen LogP contribution in [0.15, 0.2) is 58.2 Å². The van der Waals surface area contributed by atoms with Gasteiger partial charge in [0, 0.05) is 18.2 Å². The molecule has 1 fully saturated rings. The molecule has 0 bridgehead atoms. The van der Waals surface area contributed by atoms with Crippen molar-refractivity contribution in [3.8, 4) is 11.4 Å². The Morgan fingerprint density at radius 3 is 2.48 bits per heavy atom. The Kier molecular flexibility index (Phi) is 5.14. The normalized spacial score (nSPS) is 14.3. The highest BCUT2D eigenvalue weighted by Gasteiger charge is 2.30. The Morgan fingerprint density at radius 2 is 1.79 bits per heavy atom. The van der Waals surface area contributed by atoms with Gasteiger partial charge in [-0.2, -0.15) is 0 Å². The first-order valence-corrected chi connectivity index (χ1v) is 11.2. The molecular formula is C21H24N4O3S. The van der Waals surface area contributed by atoms with Gasteiger partial charge in [0.05, 0.1) is 11.4 Å². The minimum absolute atomic E-state index is 0.0888. The Hall–Kier alpha value is -2.71. The van der Waals surface area contributed by atoms with Crippen molar-refractivity contribution in [2.24, 2.45) is 0 Å². The van der Waals surface area contributed by atoms with Gasteiger partial charge in [0.25, 0.3) is 0 Å². The lowest BCUT2D eigenvalue weighted by Gasteiger charge is -2.10. The first kappa shape index (κ1) is 19.6. The topological polar surface area (TPSA) is 86.0 Å². The van der Waals surface area contributed by atoms with Crippen LogP contribution in [0.4, 0.5) is 0 Å². The maximum atomic E-state index is 12.9. The van der Waals surface area contributed by atoms with Gasteiger partial charge in [0.2, 0.25) is 10.0 Å². The largest absolute Gasteiger partial charge is 0.346 e. The van der Waals surface area contributed by atoms with Crippen LogP contribution in [0.25, 0.3) is 11.4 Å². The minimum Gasteiger partial charge on any atom is -0.272 e. The number of aromatic nitrogens is 3. The van der Waals surface area contributed by atoms with Gasteiger partial charge in [-0.1, -0.05) is 42.5 Å². The van der Waals surface area contributed by atoms with E-state index in [0.29, 0.717) is 5.82 Å². The van der Waals surface area contributed by atoms with E-state index in [-0.39, 0.29) is 29.7 Å². The van der Waals surface area contributed by atoms with Crippen LogP contribution in [0.3, 0.4) is 0 Å². The molecule has 1 aliphatic carbocycles. The molecule has 0 atom stereocenters. The standard InChI is InChI=1S/C21H24N4O3S/c1-15-7-6-10-19(16(15)2)29(27,28)22-13-14-24-21(26)25(18-11-12-18)20(23-24)17-8-4-3-5-9-17/h3-10,18,22H,11-14H2,1-2H3. The van der Waals surface area contributed by atoms with Crippen molar-refractivity contribution in [2.75, 3.05) is 6.54 Å². The second-order valence-electron chi connectivity index (χ2n) is 7.39. The third-order valence-electron chi connectivity index (χ3n) is 5.27. The summed E-state index contributed by atoms with van der Waals surface area (Å²) in [5.74, 6) is 0.635. The highest BCUT2D eigenvalue weighted by atomic mass is 32.2. The average molecular weight is 413 g/mol. The number of nitrogens with one attached hydrogen (secondary N) is 1. The number of sulfonamides is 1. The van der Waals surface area contributed by atoms with Crippen LogP contribution in [0.2, 0.25) is 0 Å². The van der Waals surface area contributed by atoms with Crippen molar-refractivity contribution in [2.45, 2.75) is 44.2 Å². The Bertz CT molecular complexity index is 1190. The van der Waals surface area contributed by atoms with Crippen molar-refractivity contribution >= 4 is 10.0 Å². The van der Waals surface area contributed by atoms with Gasteiger partial charge in [-0.25, -0.2) is 22.6 Å². The molecule has 1 aromatic heterocycles. The van der Waals surface area contributed by atoms with E-state index in [4.69, 9.17) is 0 Å². The third kappa shape index (κ3) is 3.90. The molecule has 1 heterocycles. The van der Waals surface area contributed by atoms with Gasteiger partial charge < -0.3 is 0 Å². The van der Waals surface area contributed by atoms with E-state index in [9.17, 15) is 13.2 Å². The van der Waals surface area contributed by atoms with Gasteiger partial charge in [0.1, 0.15) is 0 Å². The van der Waals surface area contributed by atoms with Crippen LogP contribution in [0.5, 0.6) is 0 Å². The Morgan fingerprint density at radius 1 is 1.07 bits per heavy atom. The molecule has 0 spiro atoms. The Balaban J connectivity index is 1.55. The SMILES string of the molecule is Cc1cccc(S(=O)(=O)NCCn2nc(-c3ccccc3)n(C3CC3)c2=O)c1C. The van der Waals surface area contributed by atoms with Gasteiger partial charge in [-0.05, 0) is 43.9 Å². The van der Waals surface area contributed by atoms with E-state index in [2.05, 4.69) is 9.82 Å². The number of hydrogen-bond donors (Lipinski definition) is 1. The summed E-state index contributed by atoms with van der Waals surface area (Å²) in [4.78, 5) is 13.1. The van der Waals surface area contributed by atoms with E-state index in [0.717, 1.165) is 29.5 Å². The minimum atomic E-state index is -3.66. The van der Waals surface area contributed by atoms with Gasteiger partial charge in [-0.15, -0.1) is 5.10 Å². The molecule has 0 amide bonds. The first-order chi connectivity index (χ1) is 13.9. The van der Waals surface area contributed by atoms with Crippen molar-refractivity contribution < 1.29 is 8.42 Å². The predicted octanol–water partition coefficient (Wildman–Crippen LogP) is 2.64. The number of aryl methyl sites for hydroxylation is 1. The second-order valence-corrected chi connectivity index (χ2v) is 9.13. The molecule has 0 saturated heterocycles. The molecule has 1 N–H and O–H groups in total. The quantitative estimate of drug-likeness (QED) is 0.646. The maximum absolute atomic E-state index is 12.9. The maximum Gasteiger partial charge on any atom is 0.346 e. The molecule has 2 aromatic carbocycles. The van der Waals surface area contributed by atoms with Gasteiger partial charge in [-0.3, -0.25) is 4.57 Å². The predicted molar refractivity (Wildman–Crippen MR) is 111 cm³/mol. The fourth-order valence-electron chi connectivity index (χ4n) is 3.39. The summed E-state index contributed by atoms with van der Waals surface area (Å²) in [5, 5.41) is 4.50. The molecule has 0 aliphatic heterocycles. The van der Waals surface area contributed by atoms with Crippen molar-refractivity contribution in [3.05, 3.63) is 70.1 Å². The van der Waals surface area contributed by atoms with Gasteiger partial charge in [0.15, 0.2) is 5.82 Å². The molecule has 7 nitrogen and oxygen atoms in total. The zero-order valence-corrected chi connectivity index (χ0v) is 17.3. The van der Waals surface area contributed by atoms with Crippen LogP contribution < -0.4 is 10.4 Å². The fourth-order valence-corrected chi connectivity index (χ4v) is 4.73. The summed E-state index contributed by atoms with van der Waals surface area (Å²) in [6.07, 6.45) is 1.93. The number of rotatable bonds is 7. The van der Waals surface area contributed by atoms with Crippen LogP contribution in [-0.4, -0.2) is 29.3 Å². The van der Waals surface area contributed by atoms with E-state index in [1.54, 1.807) is 23.6 Å². The van der Waals surface area contributed by atoms with Crippen LogP contribution in [0.1, 0.15) is 30.0 Å². The summed E-state index contributed by atoms with van der Waals surface area (Å²) in [6.45, 7) is 3.93. The van der Waals surface area contributed by atoms with Crippen molar-refractivity contribution in [3.63, 3.8) is 0 Å². The second kappa shape index (κ2) is 7.61. The zero-order chi connectivity index (χ0) is 20.6. The molecule has 1 aliphatic rings. The average Bonchev–Trinajstić information content (AvgIpc) is 3.48. The third-order valence-corrected chi connectivity index (χ3v) is 6.88. The summed E-state index contributed by atoms with van der Waals surface area (Å²) in [5.41, 5.74) is 2.32. The molecule has 29 heavy (non-hydrogen) atoms. The lowest BCUT2D eigenvalue weighted by molar-refractivity contribution is 0.546. The monoisotopic (exact) mass is 412 g/mol. The molecule has 8 heteroatoms. The van der Waals surface area contributed by atoms with Gasteiger partial charge >= 0.3 is 5.69 Å². The van der Waals surface area contributed by atoms with E-state index < -0.39 is 10.0 Å². The Labute approximate surface area is 170 Å². The van der Waals surface area contributed by atoms with E-state index >= 15 is 0 Å². The van der Waals surface area contributed by atoms with Crippen LogP contribution in [0, 0.1) is 13.8 Å². The summed E-state index contributed by atoms with van der Waals surface area (Å²) < 4.78 is 31.0. The van der Waals surface area contributed by atoms with E-state index in [1.807, 2.05) is 43.3 Å². The summed E-state index contributed by atoms with van der Waals surface area (Å²) in [6, 6.07) is 15.0. The summed E-state index contributed by atoms with van der Waals surface area (Å²) in [7, 11) is -3.66. The number of nitrogens with zero attached hydrogens (tertiary/aromatic N) is 3. The lowest BCUT2D eigenvalue weighted by atomic mass is 10.1. The molecule has 1 saturated carbocycles. The molecule has 4 rings (SSSR count). The number of benzene rings is 2. The smallest absolute Gasteiger partial charge is 0.272 e. The van der Waals surface area contributed by atoms with E-state index in [1.165, 1.54) is 4.68 Å². The molecular weight excluding hydrogens is 388 g/mol. The molecule has 152 valence electrons. The number of hydrogen-bond acceptors (Lipinski definition) is 4. The summed E-state index contributed by atoms with van der Waals surface area (Å²) >= 11 is 0. The highest BCUT2D eigenvalue weighted by Crippen LogP contribution is 2.36. The highest BCUT2D eigenvalue weighted by molar-refractivity contribution is 7.89. The zero-order valence-electron chi connectivity index (χ0n) is 16.5. The molecule has 0 radical (unpaired) electrons. The molecule has 0 unspecified atom stereocenters.